The van der Waals surface area contributed by atoms with Crippen LogP contribution in [0.4, 0.5) is 0 Å². The molecule has 0 radical (unpaired) electrons. The molecule has 21 heavy (non-hydrogen) atoms. The van der Waals surface area contributed by atoms with Crippen LogP contribution in [-0.2, 0) is 4.79 Å². The molecule has 0 aromatic carbocycles. The van der Waals surface area contributed by atoms with E-state index in [2.05, 4.69) is 27.4 Å². The maximum Gasteiger partial charge on any atom is 0.306 e. The highest BCUT2D eigenvalue weighted by Gasteiger charge is 2.53. The van der Waals surface area contributed by atoms with Gasteiger partial charge in [-0.05, 0) is 67.6 Å². The molecule has 0 unspecified atom stereocenters. The largest absolute Gasteiger partial charge is 0.481 e. The maximum atomic E-state index is 11.1. The molecule has 2 heteroatoms. The Morgan fingerprint density at radius 2 is 2.10 bits per heavy atom. The molecule has 2 aliphatic rings. The molecule has 2 aliphatic carbocycles. The van der Waals surface area contributed by atoms with Crippen molar-refractivity contribution in [1.29, 1.82) is 0 Å². The van der Waals surface area contributed by atoms with Crippen LogP contribution in [0.5, 0.6) is 0 Å². The average Bonchev–Trinajstić information content (AvgIpc) is 2.43. The fourth-order valence-corrected chi connectivity index (χ4v) is 5.04. The summed E-state index contributed by atoms with van der Waals surface area (Å²) in [6.45, 7) is 13.5. The second-order valence-corrected chi connectivity index (χ2v) is 8.19. The summed E-state index contributed by atoms with van der Waals surface area (Å²) in [6.07, 6.45) is 8.09. The molecule has 2 fully saturated rings. The first-order valence-corrected chi connectivity index (χ1v) is 8.63. The Morgan fingerprint density at radius 1 is 1.43 bits per heavy atom. The molecule has 2 rings (SSSR count). The lowest BCUT2D eigenvalue weighted by Crippen LogP contribution is -2.50. The van der Waals surface area contributed by atoms with Crippen molar-refractivity contribution in [1.82, 2.24) is 0 Å². The second kappa shape index (κ2) is 5.78. The van der Waals surface area contributed by atoms with Crippen molar-refractivity contribution in [3.8, 4) is 0 Å². The second-order valence-electron chi connectivity index (χ2n) is 8.19. The molecular formula is C19H32O2. The third-order valence-electron chi connectivity index (χ3n) is 7.10. The molecule has 0 aliphatic heterocycles. The van der Waals surface area contributed by atoms with Gasteiger partial charge in [0, 0.05) is 0 Å². The van der Waals surface area contributed by atoms with Crippen molar-refractivity contribution in [2.24, 2.45) is 28.6 Å². The summed E-state index contributed by atoms with van der Waals surface area (Å²) in [7, 11) is 0. The van der Waals surface area contributed by atoms with Crippen molar-refractivity contribution in [3.05, 3.63) is 12.2 Å². The third-order valence-corrected chi connectivity index (χ3v) is 7.10. The van der Waals surface area contributed by atoms with E-state index in [0.29, 0.717) is 11.8 Å². The van der Waals surface area contributed by atoms with Gasteiger partial charge in [-0.2, -0.15) is 0 Å². The van der Waals surface area contributed by atoms with Gasteiger partial charge in [0.25, 0.3) is 0 Å². The number of hydrogen-bond acceptors (Lipinski definition) is 1. The highest BCUT2D eigenvalue weighted by molar-refractivity contribution is 5.69. The van der Waals surface area contributed by atoms with Crippen molar-refractivity contribution in [2.45, 2.75) is 72.6 Å². The van der Waals surface area contributed by atoms with E-state index in [0.717, 1.165) is 12.8 Å². The Morgan fingerprint density at radius 3 is 2.71 bits per heavy atom. The predicted octanol–water partition coefficient (Wildman–Crippen LogP) is 5.29. The Balaban J connectivity index is 2.21. The quantitative estimate of drug-likeness (QED) is 0.715. The Labute approximate surface area is 130 Å². The highest BCUT2D eigenvalue weighted by Crippen LogP contribution is 2.62. The molecular weight excluding hydrogens is 260 g/mol. The number of carboxylic acid groups (broad SMARTS) is 1. The summed E-state index contributed by atoms with van der Waals surface area (Å²) >= 11 is 0. The SMILES string of the molecule is C=C1CCC[C@H]2[C@](C)(CC[C@H](C)C(=O)O)[C@@H](C)CC[C@@]12C. The normalized spacial score (nSPS) is 41.4. The van der Waals surface area contributed by atoms with E-state index >= 15 is 0 Å². The van der Waals surface area contributed by atoms with Crippen molar-refractivity contribution in [3.63, 3.8) is 0 Å². The van der Waals surface area contributed by atoms with Crippen LogP contribution in [0.15, 0.2) is 12.2 Å². The Hall–Kier alpha value is -0.790. The molecule has 0 bridgehead atoms. The number of aliphatic carboxylic acids is 1. The van der Waals surface area contributed by atoms with Crippen LogP contribution in [0.3, 0.4) is 0 Å². The number of hydrogen-bond donors (Lipinski definition) is 1. The maximum absolute atomic E-state index is 11.1. The third kappa shape index (κ3) is 2.78. The molecule has 0 aromatic heterocycles. The number of fused-ring (bicyclic) bond motifs is 1. The highest BCUT2D eigenvalue weighted by atomic mass is 16.4. The van der Waals surface area contributed by atoms with Gasteiger partial charge in [0.2, 0.25) is 0 Å². The zero-order valence-electron chi connectivity index (χ0n) is 14.2. The lowest BCUT2D eigenvalue weighted by molar-refractivity contribution is -0.142. The molecule has 0 spiro atoms. The zero-order valence-corrected chi connectivity index (χ0v) is 14.2. The minimum absolute atomic E-state index is 0.228. The standard InChI is InChI=1S/C19H32O2/c1-13(17(20)21)9-11-18(4)15(3)10-12-19(5)14(2)7-6-8-16(18)19/h13,15-16H,2,6-12H2,1,3-5H3,(H,20,21)/t13-,15-,16-,18+,19-/m0/s1. The Kier molecular flexibility index (Phi) is 4.56. The van der Waals surface area contributed by atoms with E-state index in [1.54, 1.807) is 0 Å². The summed E-state index contributed by atoms with van der Waals surface area (Å²) in [5, 5.41) is 9.17. The molecule has 0 saturated heterocycles. The minimum atomic E-state index is -0.655. The van der Waals surface area contributed by atoms with Gasteiger partial charge < -0.3 is 5.11 Å². The van der Waals surface area contributed by atoms with Crippen LogP contribution < -0.4 is 0 Å². The van der Waals surface area contributed by atoms with Crippen molar-refractivity contribution < 1.29 is 9.90 Å². The van der Waals surface area contributed by atoms with Crippen LogP contribution in [0.2, 0.25) is 0 Å². The van der Waals surface area contributed by atoms with Crippen molar-refractivity contribution in [2.75, 3.05) is 0 Å². The van der Waals surface area contributed by atoms with Crippen molar-refractivity contribution >= 4 is 5.97 Å². The zero-order chi connectivity index (χ0) is 15.8. The topological polar surface area (TPSA) is 37.3 Å². The number of carboxylic acids is 1. The smallest absolute Gasteiger partial charge is 0.306 e. The van der Waals surface area contributed by atoms with Gasteiger partial charge in [-0.3, -0.25) is 4.79 Å². The molecule has 0 amide bonds. The lowest BCUT2D eigenvalue weighted by atomic mass is 9.46. The van der Waals surface area contributed by atoms with E-state index in [-0.39, 0.29) is 16.7 Å². The molecule has 0 aromatic rings. The van der Waals surface area contributed by atoms with E-state index in [1.165, 1.54) is 37.7 Å². The molecule has 2 nitrogen and oxygen atoms in total. The van der Waals surface area contributed by atoms with Crippen LogP contribution in [0, 0.1) is 28.6 Å². The molecule has 1 N–H and O–H groups in total. The first kappa shape index (κ1) is 16.6. The molecule has 120 valence electrons. The summed E-state index contributed by atoms with van der Waals surface area (Å²) in [6, 6.07) is 0. The molecule has 0 heterocycles. The number of rotatable bonds is 4. The lowest BCUT2D eigenvalue weighted by Gasteiger charge is -2.59. The first-order valence-electron chi connectivity index (χ1n) is 8.63. The van der Waals surface area contributed by atoms with E-state index in [9.17, 15) is 9.90 Å². The van der Waals surface area contributed by atoms with Gasteiger partial charge in [-0.1, -0.05) is 39.8 Å². The first-order chi connectivity index (χ1) is 9.71. The number of carbonyl (C=O) groups is 1. The van der Waals surface area contributed by atoms with Crippen LogP contribution in [0.1, 0.15) is 72.6 Å². The van der Waals surface area contributed by atoms with E-state index in [4.69, 9.17) is 0 Å². The van der Waals surface area contributed by atoms with Crippen LogP contribution in [-0.4, -0.2) is 11.1 Å². The van der Waals surface area contributed by atoms with Gasteiger partial charge in [-0.15, -0.1) is 0 Å². The van der Waals surface area contributed by atoms with Gasteiger partial charge >= 0.3 is 5.97 Å². The van der Waals surface area contributed by atoms with Crippen LogP contribution in [0.25, 0.3) is 0 Å². The summed E-state index contributed by atoms with van der Waals surface area (Å²) in [5.74, 6) is 0.477. The predicted molar refractivity (Wildman–Crippen MR) is 87.1 cm³/mol. The molecule has 2 saturated carbocycles. The summed E-state index contributed by atoms with van der Waals surface area (Å²) < 4.78 is 0. The minimum Gasteiger partial charge on any atom is -0.481 e. The van der Waals surface area contributed by atoms with Gasteiger partial charge in [0.15, 0.2) is 0 Å². The average molecular weight is 292 g/mol. The van der Waals surface area contributed by atoms with Gasteiger partial charge in [0.1, 0.15) is 0 Å². The van der Waals surface area contributed by atoms with E-state index in [1.807, 2.05) is 6.92 Å². The number of allylic oxidation sites excluding steroid dienone is 1. The Bertz CT molecular complexity index is 427. The summed E-state index contributed by atoms with van der Waals surface area (Å²) in [5.41, 5.74) is 2.00. The molecule has 5 atom stereocenters. The fourth-order valence-electron chi connectivity index (χ4n) is 5.04. The monoisotopic (exact) mass is 292 g/mol. The summed E-state index contributed by atoms with van der Waals surface area (Å²) in [4.78, 5) is 11.1. The van der Waals surface area contributed by atoms with Crippen LogP contribution >= 0.6 is 0 Å². The van der Waals surface area contributed by atoms with Gasteiger partial charge in [0.05, 0.1) is 5.92 Å². The van der Waals surface area contributed by atoms with E-state index < -0.39 is 5.97 Å². The fraction of sp³-hybridized carbons (Fsp3) is 0.842. The van der Waals surface area contributed by atoms with Gasteiger partial charge in [-0.25, -0.2) is 0 Å².